The summed E-state index contributed by atoms with van der Waals surface area (Å²) in [4.78, 5) is 25.4. The van der Waals surface area contributed by atoms with Crippen LogP contribution in [0.1, 0.15) is 50.0 Å². The van der Waals surface area contributed by atoms with Crippen LogP contribution in [-0.4, -0.2) is 18.7 Å². The maximum Gasteiger partial charge on any atom is 0.161 e. The van der Waals surface area contributed by atoms with Crippen LogP contribution in [-0.2, 0) is 9.59 Å². The lowest BCUT2D eigenvalue weighted by atomic mass is 9.71. The SMILES string of the molecule is COc1cccc(C2C3=C(CCCC3=O)NC3=C2C(=O)CCC3)c1. The molecule has 4 nitrogen and oxygen atoms in total. The molecular formula is C20H21NO3. The minimum atomic E-state index is -0.244. The van der Waals surface area contributed by atoms with Crippen molar-refractivity contribution in [1.82, 2.24) is 5.32 Å². The van der Waals surface area contributed by atoms with Gasteiger partial charge in [0.15, 0.2) is 11.6 Å². The molecule has 1 aromatic rings. The molecule has 0 unspecified atom stereocenters. The van der Waals surface area contributed by atoms with E-state index in [0.29, 0.717) is 12.8 Å². The van der Waals surface area contributed by atoms with Crippen molar-refractivity contribution in [3.63, 3.8) is 0 Å². The molecule has 0 spiro atoms. The molecule has 4 rings (SSSR count). The van der Waals surface area contributed by atoms with E-state index in [1.54, 1.807) is 7.11 Å². The predicted octanol–water partition coefficient (Wildman–Crippen LogP) is 3.40. The van der Waals surface area contributed by atoms with E-state index in [1.165, 1.54) is 0 Å². The van der Waals surface area contributed by atoms with E-state index in [-0.39, 0.29) is 17.5 Å². The minimum absolute atomic E-state index is 0.168. The molecular weight excluding hydrogens is 302 g/mol. The van der Waals surface area contributed by atoms with Crippen LogP contribution in [0.2, 0.25) is 0 Å². The second-order valence-corrected chi connectivity index (χ2v) is 6.67. The topological polar surface area (TPSA) is 55.4 Å². The lowest BCUT2D eigenvalue weighted by Crippen LogP contribution is -2.36. The van der Waals surface area contributed by atoms with Gasteiger partial charge in [0.1, 0.15) is 5.75 Å². The minimum Gasteiger partial charge on any atom is -0.497 e. The first-order valence-electron chi connectivity index (χ1n) is 8.62. The Labute approximate surface area is 141 Å². The van der Waals surface area contributed by atoms with Crippen LogP contribution in [0.15, 0.2) is 46.8 Å². The molecule has 1 aromatic carbocycles. The summed E-state index contributed by atoms with van der Waals surface area (Å²) in [5.74, 6) is 0.844. The van der Waals surface area contributed by atoms with Gasteiger partial charge in [0, 0.05) is 41.3 Å². The van der Waals surface area contributed by atoms with Crippen molar-refractivity contribution in [2.45, 2.75) is 44.4 Å². The van der Waals surface area contributed by atoms with Gasteiger partial charge in [-0.2, -0.15) is 0 Å². The number of ketones is 2. The van der Waals surface area contributed by atoms with Crippen LogP contribution >= 0.6 is 0 Å². The third kappa shape index (κ3) is 2.37. The summed E-state index contributed by atoms with van der Waals surface area (Å²) in [6, 6.07) is 7.77. The van der Waals surface area contributed by atoms with Crippen molar-refractivity contribution in [3.8, 4) is 5.75 Å². The zero-order chi connectivity index (χ0) is 16.7. The van der Waals surface area contributed by atoms with E-state index in [0.717, 1.165) is 59.5 Å². The highest BCUT2D eigenvalue weighted by Crippen LogP contribution is 2.45. The summed E-state index contributed by atoms with van der Waals surface area (Å²) in [6.07, 6.45) is 4.66. The Balaban J connectivity index is 1.90. The van der Waals surface area contributed by atoms with Gasteiger partial charge in [-0.15, -0.1) is 0 Å². The summed E-state index contributed by atoms with van der Waals surface area (Å²) in [6.45, 7) is 0. The van der Waals surface area contributed by atoms with E-state index >= 15 is 0 Å². The van der Waals surface area contributed by atoms with Crippen LogP contribution in [0, 0.1) is 0 Å². The number of dihydropyridines is 1. The van der Waals surface area contributed by atoms with Crippen LogP contribution < -0.4 is 10.1 Å². The molecule has 0 bridgehead atoms. The standard InChI is InChI=1S/C20H21NO3/c1-24-13-6-2-5-12(11-13)18-19-14(7-3-9-16(19)22)21-15-8-4-10-17(23)20(15)18/h2,5-6,11,18,21H,3-4,7-10H2,1H3. The third-order valence-electron chi connectivity index (χ3n) is 5.22. The molecule has 0 radical (unpaired) electrons. The second-order valence-electron chi connectivity index (χ2n) is 6.67. The number of rotatable bonds is 2. The largest absolute Gasteiger partial charge is 0.497 e. The van der Waals surface area contributed by atoms with Crippen molar-refractivity contribution in [3.05, 3.63) is 52.4 Å². The average molecular weight is 323 g/mol. The molecule has 2 aliphatic carbocycles. The number of benzene rings is 1. The molecule has 0 saturated heterocycles. The number of hydrogen-bond donors (Lipinski definition) is 1. The average Bonchev–Trinajstić information content (AvgIpc) is 2.60. The molecule has 4 heteroatoms. The fourth-order valence-electron chi connectivity index (χ4n) is 4.14. The van der Waals surface area contributed by atoms with Crippen molar-refractivity contribution >= 4 is 11.6 Å². The Kier molecular flexibility index (Phi) is 3.75. The fourth-order valence-corrected chi connectivity index (χ4v) is 4.14. The molecule has 0 saturated carbocycles. The quantitative estimate of drug-likeness (QED) is 0.906. The van der Waals surface area contributed by atoms with Gasteiger partial charge in [0.2, 0.25) is 0 Å². The maximum absolute atomic E-state index is 12.7. The highest BCUT2D eigenvalue weighted by Gasteiger charge is 2.40. The van der Waals surface area contributed by atoms with Gasteiger partial charge >= 0.3 is 0 Å². The highest BCUT2D eigenvalue weighted by molar-refractivity contribution is 6.06. The monoisotopic (exact) mass is 323 g/mol. The number of ether oxygens (including phenoxy) is 1. The van der Waals surface area contributed by atoms with Crippen molar-refractivity contribution in [1.29, 1.82) is 0 Å². The summed E-state index contributed by atoms with van der Waals surface area (Å²) >= 11 is 0. The predicted molar refractivity (Wildman–Crippen MR) is 90.6 cm³/mol. The molecule has 1 N–H and O–H groups in total. The number of Topliss-reactive ketones (excluding diaryl/α,β-unsaturated/α-hetero) is 2. The van der Waals surface area contributed by atoms with E-state index in [2.05, 4.69) is 5.32 Å². The zero-order valence-corrected chi connectivity index (χ0v) is 13.9. The lowest BCUT2D eigenvalue weighted by molar-refractivity contribution is -0.116. The number of carbonyl (C=O) groups is 2. The molecule has 1 heterocycles. The van der Waals surface area contributed by atoms with Gasteiger partial charge < -0.3 is 10.1 Å². The molecule has 124 valence electrons. The van der Waals surface area contributed by atoms with Gasteiger partial charge in [-0.1, -0.05) is 12.1 Å². The second kappa shape index (κ2) is 5.93. The highest BCUT2D eigenvalue weighted by atomic mass is 16.5. The summed E-state index contributed by atoms with van der Waals surface area (Å²) in [5.41, 5.74) is 4.60. The van der Waals surface area contributed by atoms with Gasteiger partial charge in [0.25, 0.3) is 0 Å². The van der Waals surface area contributed by atoms with Crippen molar-refractivity contribution < 1.29 is 14.3 Å². The fraction of sp³-hybridized carbons (Fsp3) is 0.400. The van der Waals surface area contributed by atoms with Crippen molar-refractivity contribution in [2.24, 2.45) is 0 Å². The summed E-state index contributed by atoms with van der Waals surface area (Å²) in [5, 5.41) is 3.43. The first-order valence-corrected chi connectivity index (χ1v) is 8.62. The van der Waals surface area contributed by atoms with Gasteiger partial charge in [-0.3, -0.25) is 9.59 Å². The summed E-state index contributed by atoms with van der Waals surface area (Å²) < 4.78 is 5.35. The number of carbonyl (C=O) groups excluding carboxylic acids is 2. The van der Waals surface area contributed by atoms with E-state index in [1.807, 2.05) is 24.3 Å². The maximum atomic E-state index is 12.7. The number of allylic oxidation sites excluding steroid dienone is 4. The Morgan fingerprint density at radius 2 is 1.58 bits per heavy atom. The Morgan fingerprint density at radius 1 is 0.958 bits per heavy atom. The smallest absolute Gasteiger partial charge is 0.161 e. The molecule has 1 aliphatic heterocycles. The molecule has 0 amide bonds. The van der Waals surface area contributed by atoms with Gasteiger partial charge in [-0.25, -0.2) is 0 Å². The Bertz CT molecular complexity index is 746. The number of nitrogens with one attached hydrogen (secondary N) is 1. The van der Waals surface area contributed by atoms with Crippen LogP contribution in [0.5, 0.6) is 5.75 Å². The number of hydrogen-bond acceptors (Lipinski definition) is 4. The molecule has 3 aliphatic rings. The zero-order valence-electron chi connectivity index (χ0n) is 13.9. The van der Waals surface area contributed by atoms with Gasteiger partial charge in [0.05, 0.1) is 7.11 Å². The molecule has 0 atom stereocenters. The summed E-state index contributed by atoms with van der Waals surface area (Å²) in [7, 11) is 1.63. The number of methoxy groups -OCH3 is 1. The molecule has 0 fully saturated rings. The molecule has 0 aromatic heterocycles. The van der Waals surface area contributed by atoms with Crippen LogP contribution in [0.4, 0.5) is 0 Å². The van der Waals surface area contributed by atoms with Crippen LogP contribution in [0.3, 0.4) is 0 Å². The first kappa shape index (κ1) is 15.2. The van der Waals surface area contributed by atoms with E-state index < -0.39 is 0 Å². The Morgan fingerprint density at radius 3 is 2.17 bits per heavy atom. The van der Waals surface area contributed by atoms with Crippen LogP contribution in [0.25, 0.3) is 0 Å². The molecule has 24 heavy (non-hydrogen) atoms. The first-order chi connectivity index (χ1) is 11.7. The lowest BCUT2D eigenvalue weighted by Gasteiger charge is -2.37. The van der Waals surface area contributed by atoms with Gasteiger partial charge in [-0.05, 0) is 43.4 Å². The Hall–Kier alpha value is -2.36. The third-order valence-corrected chi connectivity index (χ3v) is 5.22. The van der Waals surface area contributed by atoms with E-state index in [9.17, 15) is 9.59 Å². The van der Waals surface area contributed by atoms with Crippen molar-refractivity contribution in [2.75, 3.05) is 7.11 Å². The normalized spacial score (nSPS) is 21.4. The van der Waals surface area contributed by atoms with E-state index in [4.69, 9.17) is 4.74 Å².